The Bertz CT molecular complexity index is 316. The fraction of sp³-hybridized carbons (Fsp3) is 0.867. The van der Waals surface area contributed by atoms with Crippen molar-refractivity contribution in [3.05, 3.63) is 0 Å². The second-order valence-electron chi connectivity index (χ2n) is 6.94. The third-order valence-electron chi connectivity index (χ3n) is 2.70. The topological polar surface area (TPSA) is 55.4 Å². The number of Topliss-reactive ketones (excluding diaryl/α,β-unsaturated/α-hetero) is 1. The van der Waals surface area contributed by atoms with Crippen LogP contribution in [0.5, 0.6) is 0 Å². The van der Waals surface area contributed by atoms with Gasteiger partial charge in [-0.2, -0.15) is 0 Å². The van der Waals surface area contributed by atoms with E-state index in [-0.39, 0.29) is 29.1 Å². The van der Waals surface area contributed by atoms with Gasteiger partial charge in [0.15, 0.2) is 0 Å². The molecule has 0 aliphatic carbocycles. The molecule has 0 aromatic heterocycles. The number of rotatable bonds is 7. The van der Waals surface area contributed by atoms with Gasteiger partial charge < -0.3 is 10.1 Å². The van der Waals surface area contributed by atoms with Crippen molar-refractivity contribution in [2.24, 2.45) is 5.41 Å². The zero-order chi connectivity index (χ0) is 15.3. The van der Waals surface area contributed by atoms with E-state index in [0.717, 1.165) is 6.42 Å². The van der Waals surface area contributed by atoms with E-state index in [9.17, 15) is 9.59 Å². The van der Waals surface area contributed by atoms with Crippen LogP contribution in [0.4, 0.5) is 0 Å². The molecule has 19 heavy (non-hydrogen) atoms. The van der Waals surface area contributed by atoms with Gasteiger partial charge in [-0.05, 0) is 39.5 Å². The summed E-state index contributed by atoms with van der Waals surface area (Å²) < 4.78 is 4.91. The summed E-state index contributed by atoms with van der Waals surface area (Å²) in [6, 6.07) is -0.476. The summed E-state index contributed by atoms with van der Waals surface area (Å²) in [7, 11) is 0. The summed E-state index contributed by atoms with van der Waals surface area (Å²) in [4.78, 5) is 23.2. The third-order valence-corrected chi connectivity index (χ3v) is 2.70. The van der Waals surface area contributed by atoms with Gasteiger partial charge in [-0.3, -0.25) is 9.59 Å². The number of hydrogen-bond acceptors (Lipinski definition) is 4. The molecule has 0 fully saturated rings. The normalized spacial score (nSPS) is 14.1. The van der Waals surface area contributed by atoms with Crippen molar-refractivity contribution in [1.82, 2.24) is 5.32 Å². The lowest BCUT2D eigenvalue weighted by Crippen LogP contribution is -2.51. The first-order valence-corrected chi connectivity index (χ1v) is 6.90. The molecule has 0 aliphatic heterocycles. The van der Waals surface area contributed by atoms with Gasteiger partial charge in [0.25, 0.3) is 0 Å². The second kappa shape index (κ2) is 7.04. The summed E-state index contributed by atoms with van der Waals surface area (Å²) >= 11 is 0. The highest BCUT2D eigenvalue weighted by Crippen LogP contribution is 2.27. The summed E-state index contributed by atoms with van der Waals surface area (Å²) in [5, 5.41) is 3.29. The van der Waals surface area contributed by atoms with Gasteiger partial charge in [-0.15, -0.1) is 0 Å². The van der Waals surface area contributed by atoms with Gasteiger partial charge in [0.2, 0.25) is 0 Å². The first-order chi connectivity index (χ1) is 8.47. The van der Waals surface area contributed by atoms with Crippen LogP contribution < -0.4 is 5.32 Å². The second-order valence-corrected chi connectivity index (χ2v) is 6.94. The first kappa shape index (κ1) is 18.1. The molecule has 0 spiro atoms. The fourth-order valence-corrected chi connectivity index (χ4v) is 2.53. The van der Waals surface area contributed by atoms with Crippen molar-refractivity contribution in [2.75, 3.05) is 6.61 Å². The molecule has 0 aromatic rings. The monoisotopic (exact) mass is 271 g/mol. The highest BCUT2D eigenvalue weighted by Gasteiger charge is 2.30. The summed E-state index contributed by atoms with van der Waals surface area (Å²) in [6.45, 7) is 14.2. The molecule has 1 unspecified atom stereocenters. The van der Waals surface area contributed by atoms with Crippen molar-refractivity contribution in [3.63, 3.8) is 0 Å². The SMILES string of the molecule is CCOC(=O)CC(NC(C)(C)CC(C)(C)C)C(C)=O. The molecular weight excluding hydrogens is 242 g/mol. The maximum Gasteiger partial charge on any atom is 0.307 e. The van der Waals surface area contributed by atoms with E-state index in [4.69, 9.17) is 4.74 Å². The predicted molar refractivity (Wildman–Crippen MR) is 77.0 cm³/mol. The number of hydrogen-bond donors (Lipinski definition) is 1. The van der Waals surface area contributed by atoms with Crippen molar-refractivity contribution in [3.8, 4) is 0 Å². The molecule has 0 bridgehead atoms. The lowest BCUT2D eigenvalue weighted by Gasteiger charge is -2.36. The van der Waals surface area contributed by atoms with Gasteiger partial charge in [0, 0.05) is 5.54 Å². The Kier molecular flexibility index (Phi) is 6.70. The Labute approximate surface area is 117 Å². The molecule has 0 saturated heterocycles. The minimum Gasteiger partial charge on any atom is -0.466 e. The molecule has 1 N–H and O–H groups in total. The van der Waals surface area contributed by atoms with E-state index in [1.165, 1.54) is 6.92 Å². The van der Waals surface area contributed by atoms with Crippen LogP contribution in [0, 0.1) is 5.41 Å². The zero-order valence-corrected chi connectivity index (χ0v) is 13.4. The van der Waals surface area contributed by atoms with E-state index in [1.54, 1.807) is 6.92 Å². The van der Waals surface area contributed by atoms with Crippen LogP contribution in [0.25, 0.3) is 0 Å². The molecule has 1 atom stereocenters. The largest absolute Gasteiger partial charge is 0.466 e. The van der Waals surface area contributed by atoms with Crippen LogP contribution in [0.2, 0.25) is 0 Å². The molecule has 0 amide bonds. The van der Waals surface area contributed by atoms with Crippen LogP contribution in [0.15, 0.2) is 0 Å². The van der Waals surface area contributed by atoms with Crippen LogP contribution in [-0.2, 0) is 14.3 Å². The van der Waals surface area contributed by atoms with Crippen LogP contribution in [0.3, 0.4) is 0 Å². The number of carbonyl (C=O) groups excluding carboxylic acids is 2. The molecule has 0 saturated carbocycles. The van der Waals surface area contributed by atoms with E-state index >= 15 is 0 Å². The summed E-state index contributed by atoms with van der Waals surface area (Å²) in [5.74, 6) is -0.364. The Morgan fingerprint density at radius 2 is 1.68 bits per heavy atom. The Morgan fingerprint density at radius 1 is 1.16 bits per heavy atom. The number of ketones is 1. The number of ether oxygens (including phenoxy) is 1. The fourth-order valence-electron chi connectivity index (χ4n) is 2.53. The molecule has 0 rings (SSSR count). The maximum absolute atomic E-state index is 11.7. The van der Waals surface area contributed by atoms with Crippen molar-refractivity contribution < 1.29 is 14.3 Å². The number of esters is 1. The van der Waals surface area contributed by atoms with Crippen molar-refractivity contribution >= 4 is 11.8 Å². The highest BCUT2D eigenvalue weighted by molar-refractivity contribution is 5.86. The number of nitrogens with one attached hydrogen (secondary N) is 1. The molecule has 4 nitrogen and oxygen atoms in total. The molecular formula is C15H29NO3. The van der Waals surface area contributed by atoms with Crippen LogP contribution >= 0.6 is 0 Å². The Morgan fingerprint density at radius 3 is 2.05 bits per heavy atom. The standard InChI is InChI=1S/C15H29NO3/c1-8-19-13(18)9-12(11(2)17)16-15(6,7)10-14(3,4)5/h12,16H,8-10H2,1-7H3. The minimum atomic E-state index is -0.476. The third kappa shape index (κ3) is 8.76. The Balaban J connectivity index is 4.66. The molecule has 0 radical (unpaired) electrons. The average Bonchev–Trinajstić information content (AvgIpc) is 2.12. The smallest absolute Gasteiger partial charge is 0.307 e. The Hall–Kier alpha value is -0.900. The van der Waals surface area contributed by atoms with Crippen LogP contribution in [0.1, 0.15) is 61.3 Å². The number of carbonyl (C=O) groups is 2. The summed E-state index contributed by atoms with van der Waals surface area (Å²) in [5.41, 5.74) is -0.0527. The lowest BCUT2D eigenvalue weighted by molar-refractivity contribution is -0.145. The van der Waals surface area contributed by atoms with Gasteiger partial charge in [0.05, 0.1) is 19.1 Å². The first-order valence-electron chi connectivity index (χ1n) is 6.90. The zero-order valence-electron chi connectivity index (χ0n) is 13.4. The van der Waals surface area contributed by atoms with Gasteiger partial charge in [0.1, 0.15) is 5.78 Å². The molecule has 0 aliphatic rings. The quantitative estimate of drug-likeness (QED) is 0.723. The van der Waals surface area contributed by atoms with Gasteiger partial charge in [-0.25, -0.2) is 0 Å². The van der Waals surface area contributed by atoms with Gasteiger partial charge >= 0.3 is 5.97 Å². The maximum atomic E-state index is 11.7. The molecule has 4 heteroatoms. The van der Waals surface area contributed by atoms with E-state index in [0.29, 0.717) is 6.61 Å². The minimum absolute atomic E-state index is 0.0324. The molecule has 0 heterocycles. The van der Waals surface area contributed by atoms with Crippen LogP contribution in [-0.4, -0.2) is 29.9 Å². The summed E-state index contributed by atoms with van der Waals surface area (Å²) in [6.07, 6.45) is 1.00. The lowest BCUT2D eigenvalue weighted by atomic mass is 9.81. The van der Waals surface area contributed by atoms with E-state index < -0.39 is 6.04 Å². The molecule has 112 valence electrons. The molecule has 0 aromatic carbocycles. The average molecular weight is 271 g/mol. The van der Waals surface area contributed by atoms with Gasteiger partial charge in [-0.1, -0.05) is 20.8 Å². The van der Waals surface area contributed by atoms with Crippen molar-refractivity contribution in [1.29, 1.82) is 0 Å². The highest BCUT2D eigenvalue weighted by atomic mass is 16.5. The van der Waals surface area contributed by atoms with E-state index in [1.807, 2.05) is 0 Å². The predicted octanol–water partition coefficient (Wildman–Crippen LogP) is 2.70. The van der Waals surface area contributed by atoms with Crippen molar-refractivity contribution in [2.45, 2.75) is 72.9 Å². The van der Waals surface area contributed by atoms with E-state index in [2.05, 4.69) is 39.9 Å².